The van der Waals surface area contributed by atoms with E-state index in [1.54, 1.807) is 12.1 Å². The Morgan fingerprint density at radius 1 is 1.17 bits per heavy atom. The van der Waals surface area contributed by atoms with Crippen LogP contribution in [0.3, 0.4) is 0 Å². The molecule has 1 aromatic rings. The third-order valence-corrected chi connectivity index (χ3v) is 6.16. The van der Waals surface area contributed by atoms with Crippen LogP contribution in [0.5, 0.6) is 0 Å². The third kappa shape index (κ3) is 2.44. The van der Waals surface area contributed by atoms with Crippen LogP contribution in [0.15, 0.2) is 12.1 Å². The fourth-order valence-corrected chi connectivity index (χ4v) is 2.76. The Kier molecular flexibility index (Phi) is 4.02. The van der Waals surface area contributed by atoms with Crippen molar-refractivity contribution in [1.29, 1.82) is 0 Å². The van der Waals surface area contributed by atoms with E-state index in [4.69, 9.17) is 5.11 Å². The van der Waals surface area contributed by atoms with Crippen LogP contribution in [0.4, 0.5) is 0 Å². The van der Waals surface area contributed by atoms with Gasteiger partial charge in [0.25, 0.3) is 0 Å². The van der Waals surface area contributed by atoms with Crippen molar-refractivity contribution in [3.63, 3.8) is 0 Å². The maximum absolute atomic E-state index is 10.6. The number of hydrogen-bond acceptors (Lipinski definition) is 1. The molecule has 64 valence electrons. The minimum atomic E-state index is -0.873. The Balaban J connectivity index is 3.31. The van der Waals surface area contributed by atoms with Gasteiger partial charge in [-0.25, -0.2) is 4.79 Å². The van der Waals surface area contributed by atoms with Crippen LogP contribution >= 0.6 is 67.8 Å². The van der Waals surface area contributed by atoms with Crippen molar-refractivity contribution in [2.24, 2.45) is 0 Å². The molecular weight excluding hydrogens is 497 g/mol. The van der Waals surface area contributed by atoms with Gasteiger partial charge in [0.1, 0.15) is 0 Å². The molecule has 1 rings (SSSR count). The Morgan fingerprint density at radius 3 is 1.92 bits per heavy atom. The summed E-state index contributed by atoms with van der Waals surface area (Å²) in [4.78, 5) is 10.6. The van der Waals surface area contributed by atoms with Gasteiger partial charge in [-0.1, -0.05) is 0 Å². The Labute approximate surface area is 111 Å². The molecule has 0 heterocycles. The molecule has 0 saturated heterocycles. The van der Waals surface area contributed by atoms with Crippen molar-refractivity contribution >= 4 is 73.7 Å². The van der Waals surface area contributed by atoms with E-state index >= 15 is 0 Å². The standard InChI is InChI=1S/C7H3I3O2/c8-4-1-3(7(11)12)2-5(9)6(4)10/h1-2H,(H,11,12). The van der Waals surface area contributed by atoms with Crippen LogP contribution in [-0.4, -0.2) is 11.1 Å². The summed E-state index contributed by atoms with van der Waals surface area (Å²) >= 11 is 6.47. The first kappa shape index (κ1) is 11.0. The third-order valence-electron chi connectivity index (χ3n) is 1.23. The van der Waals surface area contributed by atoms with E-state index in [9.17, 15) is 4.79 Å². The van der Waals surface area contributed by atoms with E-state index in [0.717, 1.165) is 10.7 Å². The summed E-state index contributed by atoms with van der Waals surface area (Å²) in [6.07, 6.45) is 0. The van der Waals surface area contributed by atoms with Crippen LogP contribution < -0.4 is 0 Å². The van der Waals surface area contributed by atoms with Gasteiger partial charge in [0.15, 0.2) is 0 Å². The fraction of sp³-hybridized carbons (Fsp3) is 0. The predicted octanol–water partition coefficient (Wildman–Crippen LogP) is 3.20. The summed E-state index contributed by atoms with van der Waals surface area (Å²) in [5, 5.41) is 8.72. The van der Waals surface area contributed by atoms with Gasteiger partial charge in [0, 0.05) is 10.7 Å². The van der Waals surface area contributed by atoms with Crippen LogP contribution in [0, 0.1) is 10.7 Å². The molecule has 0 fully saturated rings. The topological polar surface area (TPSA) is 37.3 Å². The van der Waals surface area contributed by atoms with Crippen LogP contribution in [-0.2, 0) is 0 Å². The summed E-state index contributed by atoms with van der Waals surface area (Å²) < 4.78 is 3.08. The van der Waals surface area contributed by atoms with Gasteiger partial charge in [0.05, 0.1) is 5.56 Å². The molecule has 0 aliphatic carbocycles. The van der Waals surface area contributed by atoms with Gasteiger partial charge in [-0.05, 0) is 79.9 Å². The molecule has 1 aromatic carbocycles. The zero-order valence-corrected chi connectivity index (χ0v) is 12.1. The lowest BCUT2D eigenvalue weighted by atomic mass is 10.2. The van der Waals surface area contributed by atoms with Gasteiger partial charge in [0.2, 0.25) is 0 Å². The van der Waals surface area contributed by atoms with E-state index in [1.165, 1.54) is 0 Å². The van der Waals surface area contributed by atoms with Crippen molar-refractivity contribution in [2.75, 3.05) is 0 Å². The van der Waals surface area contributed by atoms with Crippen molar-refractivity contribution < 1.29 is 9.90 Å². The van der Waals surface area contributed by atoms with Gasteiger partial charge in [-0.2, -0.15) is 0 Å². The van der Waals surface area contributed by atoms with Crippen molar-refractivity contribution in [1.82, 2.24) is 0 Å². The lowest BCUT2D eigenvalue weighted by Gasteiger charge is -2.01. The maximum atomic E-state index is 10.6. The van der Waals surface area contributed by atoms with Crippen molar-refractivity contribution in [3.8, 4) is 0 Å². The molecule has 12 heavy (non-hydrogen) atoms. The Hall–Kier alpha value is 0.880. The maximum Gasteiger partial charge on any atom is 0.335 e. The number of carbonyl (C=O) groups is 1. The molecule has 1 N–H and O–H groups in total. The minimum Gasteiger partial charge on any atom is -0.478 e. The first-order valence-corrected chi connectivity index (χ1v) is 6.14. The smallest absolute Gasteiger partial charge is 0.335 e. The summed E-state index contributed by atoms with van der Waals surface area (Å²) in [7, 11) is 0. The number of carboxylic acids is 1. The number of carboxylic acid groups (broad SMARTS) is 1. The van der Waals surface area contributed by atoms with Crippen LogP contribution in [0.2, 0.25) is 0 Å². The van der Waals surface area contributed by atoms with Gasteiger partial charge >= 0.3 is 5.97 Å². The minimum absolute atomic E-state index is 0.351. The molecule has 0 aliphatic heterocycles. The fourth-order valence-electron chi connectivity index (χ4n) is 0.679. The zero-order valence-electron chi connectivity index (χ0n) is 5.64. The molecule has 0 aromatic heterocycles. The molecule has 0 radical (unpaired) electrons. The molecule has 0 spiro atoms. The highest BCUT2D eigenvalue weighted by Gasteiger charge is 2.08. The van der Waals surface area contributed by atoms with Crippen molar-refractivity contribution in [2.45, 2.75) is 0 Å². The van der Waals surface area contributed by atoms with E-state index < -0.39 is 5.97 Å². The number of hydrogen-bond donors (Lipinski definition) is 1. The summed E-state index contributed by atoms with van der Waals surface area (Å²) in [6.45, 7) is 0. The highest BCUT2D eigenvalue weighted by molar-refractivity contribution is 14.1. The largest absolute Gasteiger partial charge is 0.478 e. The first-order valence-electron chi connectivity index (χ1n) is 2.90. The van der Waals surface area contributed by atoms with Crippen LogP contribution in [0.25, 0.3) is 0 Å². The lowest BCUT2D eigenvalue weighted by Crippen LogP contribution is -1.99. The number of halogens is 3. The van der Waals surface area contributed by atoms with Gasteiger partial charge in [-0.3, -0.25) is 0 Å². The van der Waals surface area contributed by atoms with Crippen molar-refractivity contribution in [3.05, 3.63) is 28.4 Å². The van der Waals surface area contributed by atoms with E-state index in [0.29, 0.717) is 5.56 Å². The zero-order chi connectivity index (χ0) is 9.30. The molecular formula is C7H3I3O2. The second kappa shape index (κ2) is 4.40. The SMILES string of the molecule is O=C(O)c1cc(I)c(I)c(I)c1. The summed E-state index contributed by atoms with van der Waals surface area (Å²) in [5.74, 6) is -0.873. The highest BCUT2D eigenvalue weighted by atomic mass is 127. The molecule has 0 saturated carbocycles. The molecule has 0 bridgehead atoms. The Morgan fingerprint density at radius 2 is 1.58 bits per heavy atom. The predicted molar refractivity (Wildman–Crippen MR) is 71.6 cm³/mol. The average Bonchev–Trinajstić information content (AvgIpc) is 1.99. The molecule has 5 heteroatoms. The van der Waals surface area contributed by atoms with Gasteiger partial charge in [-0.15, -0.1) is 0 Å². The molecule has 2 nitrogen and oxygen atoms in total. The second-order valence-electron chi connectivity index (χ2n) is 2.06. The normalized spacial score (nSPS) is 9.92. The van der Waals surface area contributed by atoms with E-state index in [1.807, 2.05) is 0 Å². The monoisotopic (exact) mass is 500 g/mol. The Bertz CT molecular complexity index is 312. The molecule has 0 unspecified atom stereocenters. The highest BCUT2D eigenvalue weighted by Crippen LogP contribution is 2.22. The summed E-state index contributed by atoms with van der Waals surface area (Å²) in [6, 6.07) is 3.35. The second-order valence-corrected chi connectivity index (χ2v) is 5.46. The summed E-state index contributed by atoms with van der Waals surface area (Å²) in [5.41, 5.74) is 0.351. The van der Waals surface area contributed by atoms with Crippen LogP contribution in [0.1, 0.15) is 10.4 Å². The lowest BCUT2D eigenvalue weighted by molar-refractivity contribution is 0.0696. The van der Waals surface area contributed by atoms with Gasteiger partial charge < -0.3 is 5.11 Å². The molecule has 0 amide bonds. The molecule has 0 aliphatic rings. The first-order chi connectivity index (χ1) is 5.52. The average molecular weight is 500 g/mol. The number of benzene rings is 1. The number of rotatable bonds is 1. The van der Waals surface area contributed by atoms with E-state index in [-0.39, 0.29) is 0 Å². The van der Waals surface area contributed by atoms with E-state index in [2.05, 4.69) is 67.8 Å². The molecule has 0 atom stereocenters. The number of aromatic carboxylic acids is 1. The quantitative estimate of drug-likeness (QED) is 0.476.